The second-order valence-corrected chi connectivity index (χ2v) is 8.40. The van der Waals surface area contributed by atoms with Gasteiger partial charge in [0.1, 0.15) is 5.75 Å². The maximum Gasteiger partial charge on any atom is 0.337 e. The van der Waals surface area contributed by atoms with Gasteiger partial charge in [0, 0.05) is 5.69 Å². The van der Waals surface area contributed by atoms with Crippen LogP contribution in [0.2, 0.25) is 0 Å². The second kappa shape index (κ2) is 7.60. The minimum atomic E-state index is -3.84. The summed E-state index contributed by atoms with van der Waals surface area (Å²) < 4.78 is 38.9. The van der Waals surface area contributed by atoms with E-state index in [0.717, 1.165) is 24.0 Å². The van der Waals surface area contributed by atoms with Crippen LogP contribution in [0, 0.1) is 0 Å². The summed E-state index contributed by atoms with van der Waals surface area (Å²) in [5, 5.41) is 0. The summed E-state index contributed by atoms with van der Waals surface area (Å²) in [4.78, 5) is 12.1. The summed E-state index contributed by atoms with van der Waals surface area (Å²) in [6.07, 6.45) is 2.33. The number of methoxy groups -OCH3 is 1. The van der Waals surface area contributed by atoms with E-state index in [4.69, 9.17) is 9.47 Å². The van der Waals surface area contributed by atoms with Crippen molar-refractivity contribution in [1.29, 1.82) is 0 Å². The van der Waals surface area contributed by atoms with Gasteiger partial charge in [-0.1, -0.05) is 0 Å². The van der Waals surface area contributed by atoms with Gasteiger partial charge in [-0.05, 0) is 80.6 Å². The lowest BCUT2D eigenvalue weighted by Crippen LogP contribution is -2.16. The maximum absolute atomic E-state index is 13.0. The summed E-state index contributed by atoms with van der Waals surface area (Å²) >= 11 is 0. The van der Waals surface area contributed by atoms with Crippen molar-refractivity contribution in [3.8, 4) is 5.75 Å². The highest BCUT2D eigenvalue weighted by Crippen LogP contribution is 2.31. The number of fused-ring (bicyclic) bond motifs is 1. The van der Waals surface area contributed by atoms with Crippen molar-refractivity contribution in [3.63, 3.8) is 0 Å². The number of benzene rings is 2. The zero-order chi connectivity index (χ0) is 19.6. The quantitative estimate of drug-likeness (QED) is 0.764. The number of aryl methyl sites for hydroxylation is 1. The van der Waals surface area contributed by atoms with E-state index in [0.29, 0.717) is 17.9 Å². The first kappa shape index (κ1) is 19.2. The molecular formula is C20H23NO5S. The van der Waals surface area contributed by atoms with E-state index < -0.39 is 16.0 Å². The molecule has 0 saturated carbocycles. The molecule has 3 rings (SSSR count). The van der Waals surface area contributed by atoms with Crippen LogP contribution in [0.4, 0.5) is 5.69 Å². The van der Waals surface area contributed by atoms with E-state index in [-0.39, 0.29) is 16.6 Å². The predicted octanol–water partition coefficient (Wildman–Crippen LogP) is 3.55. The number of hydrogen-bond donors (Lipinski definition) is 1. The Morgan fingerprint density at radius 1 is 1.11 bits per heavy atom. The molecule has 0 unspecified atom stereocenters. The molecule has 144 valence electrons. The van der Waals surface area contributed by atoms with Crippen LogP contribution in [0.5, 0.6) is 5.75 Å². The molecule has 2 aromatic rings. The van der Waals surface area contributed by atoms with Crippen molar-refractivity contribution in [2.45, 2.75) is 44.1 Å². The van der Waals surface area contributed by atoms with Crippen LogP contribution in [0.25, 0.3) is 0 Å². The number of ether oxygens (including phenoxy) is 2. The highest BCUT2D eigenvalue weighted by Gasteiger charge is 2.26. The SMILES string of the molecule is COC(=O)c1cc2c(c(S(=O)(=O)Nc3ccc(OC(C)C)cc3)c1)CCC2. The summed E-state index contributed by atoms with van der Waals surface area (Å²) in [5.41, 5.74) is 2.34. The van der Waals surface area contributed by atoms with Crippen molar-refractivity contribution in [1.82, 2.24) is 0 Å². The van der Waals surface area contributed by atoms with Gasteiger partial charge < -0.3 is 9.47 Å². The number of rotatable bonds is 6. The van der Waals surface area contributed by atoms with Gasteiger partial charge in [0.2, 0.25) is 0 Å². The summed E-state index contributed by atoms with van der Waals surface area (Å²) in [5.74, 6) is 0.123. The molecule has 0 saturated heterocycles. The van der Waals surface area contributed by atoms with Gasteiger partial charge in [-0.25, -0.2) is 13.2 Å². The van der Waals surface area contributed by atoms with Crippen molar-refractivity contribution in [3.05, 3.63) is 53.1 Å². The van der Waals surface area contributed by atoms with Crippen molar-refractivity contribution in [2.24, 2.45) is 0 Å². The van der Waals surface area contributed by atoms with Gasteiger partial charge in [0.25, 0.3) is 10.0 Å². The minimum Gasteiger partial charge on any atom is -0.491 e. The van der Waals surface area contributed by atoms with Crippen molar-refractivity contribution < 1.29 is 22.7 Å². The number of esters is 1. The largest absolute Gasteiger partial charge is 0.491 e. The summed E-state index contributed by atoms with van der Waals surface area (Å²) in [7, 11) is -2.56. The topological polar surface area (TPSA) is 81.7 Å². The van der Waals surface area contributed by atoms with Crippen LogP contribution in [0.15, 0.2) is 41.3 Å². The first-order valence-corrected chi connectivity index (χ1v) is 10.3. The predicted molar refractivity (Wildman–Crippen MR) is 103 cm³/mol. The molecule has 27 heavy (non-hydrogen) atoms. The van der Waals surface area contributed by atoms with Gasteiger partial charge in [0.05, 0.1) is 23.7 Å². The highest BCUT2D eigenvalue weighted by atomic mass is 32.2. The van der Waals surface area contributed by atoms with E-state index in [2.05, 4.69) is 4.72 Å². The Bertz CT molecular complexity index is 949. The normalized spacial score (nSPS) is 13.3. The smallest absolute Gasteiger partial charge is 0.337 e. The number of hydrogen-bond acceptors (Lipinski definition) is 5. The Balaban J connectivity index is 1.93. The lowest BCUT2D eigenvalue weighted by molar-refractivity contribution is 0.0600. The van der Waals surface area contributed by atoms with Crippen LogP contribution < -0.4 is 9.46 Å². The molecule has 1 aliphatic carbocycles. The third kappa shape index (κ3) is 4.24. The Hall–Kier alpha value is -2.54. The number of nitrogens with one attached hydrogen (secondary N) is 1. The van der Waals surface area contributed by atoms with Gasteiger partial charge in [-0.15, -0.1) is 0 Å². The van der Waals surface area contributed by atoms with Gasteiger partial charge >= 0.3 is 5.97 Å². The van der Waals surface area contributed by atoms with E-state index in [1.165, 1.54) is 13.2 Å². The number of anilines is 1. The van der Waals surface area contributed by atoms with Crippen molar-refractivity contribution in [2.75, 3.05) is 11.8 Å². The third-order valence-electron chi connectivity index (χ3n) is 4.36. The molecule has 0 radical (unpaired) electrons. The fourth-order valence-corrected chi connectivity index (χ4v) is 4.62. The molecule has 1 N–H and O–H groups in total. The third-order valence-corrected chi connectivity index (χ3v) is 5.81. The van der Waals surface area contributed by atoms with E-state index >= 15 is 0 Å². The van der Waals surface area contributed by atoms with Crippen LogP contribution in [-0.2, 0) is 27.6 Å². The molecule has 0 amide bonds. The Morgan fingerprint density at radius 3 is 2.44 bits per heavy atom. The Morgan fingerprint density at radius 2 is 1.81 bits per heavy atom. The molecule has 0 aliphatic heterocycles. The molecule has 0 bridgehead atoms. The van der Waals surface area contributed by atoms with Crippen LogP contribution >= 0.6 is 0 Å². The lowest BCUT2D eigenvalue weighted by atomic mass is 10.1. The molecule has 2 aromatic carbocycles. The molecule has 0 spiro atoms. The first-order chi connectivity index (χ1) is 12.8. The lowest BCUT2D eigenvalue weighted by Gasteiger charge is -2.14. The zero-order valence-electron chi connectivity index (χ0n) is 15.6. The zero-order valence-corrected chi connectivity index (χ0v) is 16.4. The average Bonchev–Trinajstić information content (AvgIpc) is 3.09. The summed E-state index contributed by atoms with van der Waals surface area (Å²) in [6.45, 7) is 3.84. The van der Waals surface area contributed by atoms with E-state index in [9.17, 15) is 13.2 Å². The monoisotopic (exact) mass is 389 g/mol. The molecule has 7 heteroatoms. The van der Waals surface area contributed by atoms with Crippen LogP contribution in [0.3, 0.4) is 0 Å². The van der Waals surface area contributed by atoms with Gasteiger partial charge in [0.15, 0.2) is 0 Å². The number of carbonyl (C=O) groups is 1. The minimum absolute atomic E-state index is 0.0381. The molecule has 0 heterocycles. The average molecular weight is 389 g/mol. The molecule has 0 atom stereocenters. The highest BCUT2D eigenvalue weighted by molar-refractivity contribution is 7.92. The second-order valence-electron chi connectivity index (χ2n) is 6.75. The fraction of sp³-hybridized carbons (Fsp3) is 0.350. The first-order valence-electron chi connectivity index (χ1n) is 8.84. The van der Waals surface area contributed by atoms with Crippen molar-refractivity contribution >= 4 is 21.7 Å². The Labute approximate surface area is 159 Å². The van der Waals surface area contributed by atoms with Crippen LogP contribution in [-0.4, -0.2) is 27.6 Å². The van der Waals surface area contributed by atoms with Gasteiger partial charge in [-0.3, -0.25) is 4.72 Å². The summed E-state index contributed by atoms with van der Waals surface area (Å²) in [6, 6.07) is 9.86. The standard InChI is InChI=1S/C20H23NO5S/c1-13(2)26-17-9-7-16(8-10-17)21-27(23,24)19-12-15(20(22)25-3)11-14-5-4-6-18(14)19/h7-13,21H,4-6H2,1-3H3. The molecule has 6 nitrogen and oxygen atoms in total. The molecule has 0 fully saturated rings. The molecule has 1 aliphatic rings. The number of sulfonamides is 1. The van der Waals surface area contributed by atoms with Crippen LogP contribution in [0.1, 0.15) is 41.8 Å². The van der Waals surface area contributed by atoms with Gasteiger partial charge in [-0.2, -0.15) is 0 Å². The number of carbonyl (C=O) groups excluding carboxylic acids is 1. The molecular weight excluding hydrogens is 366 g/mol. The molecule has 0 aromatic heterocycles. The van der Waals surface area contributed by atoms with E-state index in [1.807, 2.05) is 13.8 Å². The Kier molecular flexibility index (Phi) is 5.41. The van der Waals surface area contributed by atoms with E-state index in [1.54, 1.807) is 30.3 Å². The maximum atomic E-state index is 13.0. The fourth-order valence-electron chi connectivity index (χ4n) is 3.22.